The highest BCUT2D eigenvalue weighted by atomic mass is 35.5. The molecule has 1 amide bonds. The van der Waals surface area contributed by atoms with Gasteiger partial charge in [-0.1, -0.05) is 55.5 Å². The van der Waals surface area contributed by atoms with Crippen LogP contribution in [0.15, 0.2) is 71.8 Å². The highest BCUT2D eigenvalue weighted by molar-refractivity contribution is 6.76. The lowest BCUT2D eigenvalue weighted by Crippen LogP contribution is -2.23. The molecule has 0 radical (unpaired) electrons. The SMILES string of the molecule is COc1ccccc1Cn1cnc2cccc(NC(=O)c3ccc(OCOCC[Si](C)(C)C)c(Cl)c3)c2c1=O. The number of fused-ring (bicyclic) bond motifs is 1. The Hall–Kier alpha value is -3.66. The van der Waals surface area contributed by atoms with Gasteiger partial charge in [0.2, 0.25) is 0 Å². The third kappa shape index (κ3) is 7.26. The summed E-state index contributed by atoms with van der Waals surface area (Å²) in [6, 6.07) is 18.4. The minimum Gasteiger partial charge on any atom is -0.496 e. The molecular formula is C29H32ClN3O5Si. The van der Waals surface area contributed by atoms with Crippen molar-refractivity contribution in [2.75, 3.05) is 25.8 Å². The molecule has 0 aliphatic carbocycles. The first-order chi connectivity index (χ1) is 18.7. The van der Waals surface area contributed by atoms with Gasteiger partial charge in [-0.05, 0) is 42.4 Å². The van der Waals surface area contributed by atoms with Gasteiger partial charge in [-0.25, -0.2) is 4.98 Å². The van der Waals surface area contributed by atoms with Crippen molar-refractivity contribution in [1.29, 1.82) is 0 Å². The van der Waals surface area contributed by atoms with E-state index in [1.165, 1.54) is 17.0 Å². The number of benzene rings is 3. The number of ether oxygens (including phenoxy) is 3. The number of aromatic nitrogens is 2. The van der Waals surface area contributed by atoms with Crippen LogP contribution in [0, 0.1) is 0 Å². The Morgan fingerprint density at radius 1 is 1.05 bits per heavy atom. The number of nitrogens with zero attached hydrogens (tertiary/aromatic N) is 2. The van der Waals surface area contributed by atoms with Gasteiger partial charge in [-0.3, -0.25) is 14.2 Å². The van der Waals surface area contributed by atoms with E-state index in [4.69, 9.17) is 25.8 Å². The maximum absolute atomic E-state index is 13.5. The molecule has 0 atom stereocenters. The summed E-state index contributed by atoms with van der Waals surface area (Å²) < 4.78 is 18.1. The van der Waals surface area contributed by atoms with Crippen LogP contribution in [0.5, 0.6) is 11.5 Å². The fourth-order valence-electron chi connectivity index (χ4n) is 3.93. The smallest absolute Gasteiger partial charge is 0.263 e. The first-order valence-electron chi connectivity index (χ1n) is 12.6. The number of hydrogen-bond donors (Lipinski definition) is 1. The van der Waals surface area contributed by atoms with Gasteiger partial charge < -0.3 is 19.5 Å². The summed E-state index contributed by atoms with van der Waals surface area (Å²) in [4.78, 5) is 31.0. The fraction of sp³-hybridized carbons (Fsp3) is 0.276. The van der Waals surface area contributed by atoms with Gasteiger partial charge in [0, 0.05) is 25.8 Å². The first-order valence-corrected chi connectivity index (χ1v) is 16.7. The Morgan fingerprint density at radius 3 is 2.59 bits per heavy atom. The van der Waals surface area contributed by atoms with E-state index in [0.29, 0.717) is 40.3 Å². The lowest BCUT2D eigenvalue weighted by atomic mass is 10.1. The van der Waals surface area contributed by atoms with E-state index in [1.807, 2.05) is 24.3 Å². The van der Waals surface area contributed by atoms with E-state index < -0.39 is 14.0 Å². The van der Waals surface area contributed by atoms with Crippen molar-refractivity contribution in [3.05, 3.63) is 93.5 Å². The zero-order chi connectivity index (χ0) is 28.0. The quantitative estimate of drug-likeness (QED) is 0.135. The molecule has 0 aliphatic rings. The second-order valence-electron chi connectivity index (χ2n) is 10.3. The van der Waals surface area contributed by atoms with Gasteiger partial charge >= 0.3 is 0 Å². The fourth-order valence-corrected chi connectivity index (χ4v) is 4.92. The number of amides is 1. The summed E-state index contributed by atoms with van der Waals surface area (Å²) in [6.07, 6.45) is 1.50. The molecule has 204 valence electrons. The number of rotatable bonds is 11. The van der Waals surface area contributed by atoms with Crippen LogP contribution < -0.4 is 20.3 Å². The van der Waals surface area contributed by atoms with Gasteiger partial charge in [-0.15, -0.1) is 0 Å². The van der Waals surface area contributed by atoms with Crippen molar-refractivity contribution in [2.45, 2.75) is 32.2 Å². The third-order valence-electron chi connectivity index (χ3n) is 6.12. The van der Waals surface area contributed by atoms with Crippen molar-refractivity contribution in [3.63, 3.8) is 0 Å². The second-order valence-corrected chi connectivity index (χ2v) is 16.3. The Labute approximate surface area is 233 Å². The molecule has 0 unspecified atom stereocenters. The van der Waals surface area contributed by atoms with Gasteiger partial charge in [0.1, 0.15) is 11.5 Å². The summed E-state index contributed by atoms with van der Waals surface area (Å²) in [5.74, 6) is 0.685. The minimum absolute atomic E-state index is 0.0832. The lowest BCUT2D eigenvalue weighted by molar-refractivity contribution is 0.0221. The predicted octanol–water partition coefficient (Wildman–Crippen LogP) is 6.05. The van der Waals surface area contributed by atoms with E-state index in [9.17, 15) is 9.59 Å². The van der Waals surface area contributed by atoms with Crippen LogP contribution in [0.3, 0.4) is 0 Å². The van der Waals surface area contributed by atoms with Crippen molar-refractivity contribution in [2.24, 2.45) is 0 Å². The molecule has 10 heteroatoms. The molecule has 4 aromatic rings. The van der Waals surface area contributed by atoms with E-state index in [1.54, 1.807) is 37.4 Å². The van der Waals surface area contributed by atoms with Gasteiger partial charge in [0.15, 0.2) is 6.79 Å². The Kier molecular flexibility index (Phi) is 9.06. The van der Waals surface area contributed by atoms with Crippen LogP contribution >= 0.6 is 11.6 Å². The third-order valence-corrected chi connectivity index (χ3v) is 8.12. The Bertz CT molecular complexity index is 1530. The highest BCUT2D eigenvalue weighted by Crippen LogP contribution is 2.27. The van der Waals surface area contributed by atoms with Crippen LogP contribution in [0.4, 0.5) is 5.69 Å². The first kappa shape index (κ1) is 28.3. The number of hydrogen-bond acceptors (Lipinski definition) is 6. The van der Waals surface area contributed by atoms with Crippen LogP contribution in [0.1, 0.15) is 15.9 Å². The molecule has 4 rings (SSSR count). The Morgan fingerprint density at radius 2 is 1.85 bits per heavy atom. The van der Waals surface area contributed by atoms with Crippen LogP contribution in [-0.4, -0.2) is 44.0 Å². The second kappa shape index (κ2) is 12.5. The zero-order valence-electron chi connectivity index (χ0n) is 22.5. The van der Waals surface area contributed by atoms with E-state index in [-0.39, 0.29) is 23.9 Å². The number of carbonyl (C=O) groups is 1. The van der Waals surface area contributed by atoms with Crippen molar-refractivity contribution < 1.29 is 19.0 Å². The number of anilines is 1. The summed E-state index contributed by atoms with van der Waals surface area (Å²) in [5, 5.41) is 3.44. The minimum atomic E-state index is -1.18. The van der Waals surface area contributed by atoms with Gasteiger partial charge in [0.25, 0.3) is 11.5 Å². The normalized spacial score (nSPS) is 11.4. The number of carbonyl (C=O) groups excluding carboxylic acids is 1. The molecule has 39 heavy (non-hydrogen) atoms. The molecule has 1 heterocycles. The average molecular weight is 566 g/mol. The molecule has 0 bridgehead atoms. The van der Waals surface area contributed by atoms with Crippen LogP contribution in [0.25, 0.3) is 10.9 Å². The van der Waals surface area contributed by atoms with Crippen LogP contribution in [-0.2, 0) is 11.3 Å². The van der Waals surface area contributed by atoms with Crippen molar-refractivity contribution in [1.82, 2.24) is 9.55 Å². The zero-order valence-corrected chi connectivity index (χ0v) is 24.2. The lowest BCUT2D eigenvalue weighted by Gasteiger charge is -2.16. The molecule has 1 aromatic heterocycles. The number of nitrogens with one attached hydrogen (secondary N) is 1. The average Bonchev–Trinajstić information content (AvgIpc) is 2.90. The van der Waals surface area contributed by atoms with Crippen molar-refractivity contribution >= 4 is 42.2 Å². The monoisotopic (exact) mass is 565 g/mol. The summed E-state index contributed by atoms with van der Waals surface area (Å²) in [6.45, 7) is 7.83. The standard InChI is InChI=1S/C29H32ClN3O5Si/c1-36-25-11-6-5-8-21(25)17-33-18-31-23-9-7-10-24(27(23)29(33)35)32-28(34)20-12-13-26(22(30)16-20)38-19-37-14-15-39(2,3)4/h5-13,16,18H,14-15,17,19H2,1-4H3,(H,32,34). The number of halogens is 1. The van der Waals surface area contributed by atoms with E-state index >= 15 is 0 Å². The molecule has 3 aromatic carbocycles. The molecule has 0 saturated heterocycles. The maximum atomic E-state index is 13.5. The number of para-hydroxylation sites is 1. The summed E-state index contributed by atoms with van der Waals surface area (Å²) in [5.41, 5.74) is 1.71. The maximum Gasteiger partial charge on any atom is 0.263 e. The summed E-state index contributed by atoms with van der Waals surface area (Å²) in [7, 11) is 0.409. The molecule has 0 saturated carbocycles. The van der Waals surface area contributed by atoms with E-state index in [0.717, 1.165) is 11.6 Å². The molecule has 0 fully saturated rings. The Balaban J connectivity index is 1.50. The summed E-state index contributed by atoms with van der Waals surface area (Å²) >= 11 is 6.38. The van der Waals surface area contributed by atoms with Gasteiger partial charge in [-0.2, -0.15) is 0 Å². The molecular weight excluding hydrogens is 534 g/mol. The molecule has 1 N–H and O–H groups in total. The van der Waals surface area contributed by atoms with E-state index in [2.05, 4.69) is 29.9 Å². The van der Waals surface area contributed by atoms with Crippen molar-refractivity contribution in [3.8, 4) is 11.5 Å². The largest absolute Gasteiger partial charge is 0.496 e. The topological polar surface area (TPSA) is 91.7 Å². The number of methoxy groups -OCH3 is 1. The van der Waals surface area contributed by atoms with Crippen LogP contribution in [0.2, 0.25) is 30.7 Å². The molecule has 0 spiro atoms. The van der Waals surface area contributed by atoms with Gasteiger partial charge in [0.05, 0.1) is 41.6 Å². The predicted molar refractivity (Wildman–Crippen MR) is 157 cm³/mol. The highest BCUT2D eigenvalue weighted by Gasteiger charge is 2.16. The molecule has 8 nitrogen and oxygen atoms in total. The molecule has 0 aliphatic heterocycles.